The van der Waals surface area contributed by atoms with Crippen molar-refractivity contribution in [3.8, 4) is 0 Å². The Kier molecular flexibility index (Phi) is 2.23. The van der Waals surface area contributed by atoms with Crippen LogP contribution in [-0.2, 0) is 19.0 Å². The highest BCUT2D eigenvalue weighted by Gasteiger charge is 2.48. The van der Waals surface area contributed by atoms with Crippen LogP contribution in [0.3, 0.4) is 0 Å². The SMILES string of the molecule is CC(=O)O[C@@H]1COC2C1OC[C@@H]2O. The minimum Gasteiger partial charge on any atom is -0.457 e. The molecular weight excluding hydrogens is 176 g/mol. The fourth-order valence-electron chi connectivity index (χ4n) is 1.76. The van der Waals surface area contributed by atoms with E-state index in [1.807, 2.05) is 0 Å². The average Bonchev–Trinajstić information content (AvgIpc) is 2.56. The topological polar surface area (TPSA) is 65.0 Å². The summed E-state index contributed by atoms with van der Waals surface area (Å²) in [5.74, 6) is -0.348. The Hall–Kier alpha value is -0.650. The molecule has 0 bridgehead atoms. The van der Waals surface area contributed by atoms with Gasteiger partial charge in [-0.25, -0.2) is 0 Å². The van der Waals surface area contributed by atoms with Gasteiger partial charge in [0, 0.05) is 6.92 Å². The number of rotatable bonds is 1. The highest BCUT2D eigenvalue weighted by molar-refractivity contribution is 5.66. The van der Waals surface area contributed by atoms with Gasteiger partial charge in [0.1, 0.15) is 18.3 Å². The third-order valence-corrected chi connectivity index (χ3v) is 2.30. The van der Waals surface area contributed by atoms with E-state index in [0.29, 0.717) is 6.61 Å². The van der Waals surface area contributed by atoms with E-state index in [-0.39, 0.29) is 30.9 Å². The number of carbonyl (C=O) groups excluding carboxylic acids is 1. The zero-order valence-corrected chi connectivity index (χ0v) is 7.30. The van der Waals surface area contributed by atoms with Gasteiger partial charge in [0.05, 0.1) is 13.2 Å². The smallest absolute Gasteiger partial charge is 0.303 e. The molecule has 0 radical (unpaired) electrons. The van der Waals surface area contributed by atoms with Crippen molar-refractivity contribution in [3.63, 3.8) is 0 Å². The molecule has 13 heavy (non-hydrogen) atoms. The van der Waals surface area contributed by atoms with Gasteiger partial charge in [-0.2, -0.15) is 0 Å². The second kappa shape index (κ2) is 3.25. The van der Waals surface area contributed by atoms with Crippen molar-refractivity contribution in [1.29, 1.82) is 0 Å². The number of aliphatic hydroxyl groups excluding tert-OH is 1. The summed E-state index contributed by atoms with van der Waals surface area (Å²) < 4.78 is 15.5. The van der Waals surface area contributed by atoms with Gasteiger partial charge >= 0.3 is 5.97 Å². The second-order valence-electron chi connectivity index (χ2n) is 3.31. The molecule has 0 aromatic carbocycles. The van der Waals surface area contributed by atoms with E-state index in [4.69, 9.17) is 14.2 Å². The number of carbonyl (C=O) groups is 1. The number of hydrogen-bond donors (Lipinski definition) is 1. The van der Waals surface area contributed by atoms with Crippen LogP contribution in [0.5, 0.6) is 0 Å². The monoisotopic (exact) mass is 188 g/mol. The molecule has 0 aromatic heterocycles. The number of ether oxygens (including phenoxy) is 3. The fraction of sp³-hybridized carbons (Fsp3) is 0.875. The van der Waals surface area contributed by atoms with Crippen molar-refractivity contribution in [3.05, 3.63) is 0 Å². The molecular formula is C8H12O5. The zero-order valence-electron chi connectivity index (χ0n) is 7.30. The Bertz CT molecular complexity index is 217. The molecule has 0 aliphatic carbocycles. The summed E-state index contributed by atoms with van der Waals surface area (Å²) in [5.41, 5.74) is 0. The molecule has 2 unspecified atom stereocenters. The summed E-state index contributed by atoms with van der Waals surface area (Å²) >= 11 is 0. The van der Waals surface area contributed by atoms with Crippen LogP contribution < -0.4 is 0 Å². The van der Waals surface area contributed by atoms with E-state index >= 15 is 0 Å². The van der Waals surface area contributed by atoms with Crippen LogP contribution in [0.1, 0.15) is 6.92 Å². The highest BCUT2D eigenvalue weighted by atomic mass is 16.6. The minimum atomic E-state index is -0.592. The molecule has 2 fully saturated rings. The van der Waals surface area contributed by atoms with Crippen molar-refractivity contribution in [2.75, 3.05) is 13.2 Å². The molecule has 2 saturated heterocycles. The average molecular weight is 188 g/mol. The first-order valence-electron chi connectivity index (χ1n) is 4.27. The molecule has 0 amide bonds. The summed E-state index contributed by atoms with van der Waals surface area (Å²) in [6.07, 6.45) is -1.58. The van der Waals surface area contributed by atoms with E-state index in [0.717, 1.165) is 0 Å². The van der Waals surface area contributed by atoms with Crippen molar-refractivity contribution in [1.82, 2.24) is 0 Å². The molecule has 5 nitrogen and oxygen atoms in total. The van der Waals surface area contributed by atoms with Gasteiger partial charge in [0.15, 0.2) is 6.10 Å². The van der Waals surface area contributed by atoms with Gasteiger partial charge in [-0.1, -0.05) is 0 Å². The lowest BCUT2D eigenvalue weighted by Gasteiger charge is -2.14. The van der Waals surface area contributed by atoms with Gasteiger partial charge in [-0.05, 0) is 0 Å². The maximum absolute atomic E-state index is 10.7. The summed E-state index contributed by atoms with van der Waals surface area (Å²) in [6, 6.07) is 0. The first-order chi connectivity index (χ1) is 6.18. The van der Waals surface area contributed by atoms with Crippen LogP contribution in [0.4, 0.5) is 0 Å². The molecule has 0 saturated carbocycles. The Morgan fingerprint density at radius 2 is 2.08 bits per heavy atom. The van der Waals surface area contributed by atoms with Gasteiger partial charge < -0.3 is 19.3 Å². The van der Waals surface area contributed by atoms with E-state index < -0.39 is 6.10 Å². The first kappa shape index (κ1) is 8.93. The van der Waals surface area contributed by atoms with Crippen molar-refractivity contribution in [2.45, 2.75) is 31.3 Å². The van der Waals surface area contributed by atoms with Crippen LogP contribution in [0.15, 0.2) is 0 Å². The van der Waals surface area contributed by atoms with E-state index in [9.17, 15) is 9.90 Å². The van der Waals surface area contributed by atoms with Gasteiger partial charge in [-0.3, -0.25) is 4.79 Å². The number of esters is 1. The van der Waals surface area contributed by atoms with E-state index in [2.05, 4.69) is 0 Å². The largest absolute Gasteiger partial charge is 0.457 e. The summed E-state index contributed by atoms with van der Waals surface area (Å²) in [4.78, 5) is 10.7. The first-order valence-corrected chi connectivity index (χ1v) is 4.27. The summed E-state index contributed by atoms with van der Waals surface area (Å²) in [7, 11) is 0. The summed E-state index contributed by atoms with van der Waals surface area (Å²) in [5, 5.41) is 9.36. The Morgan fingerprint density at radius 1 is 1.38 bits per heavy atom. The molecule has 5 heteroatoms. The minimum absolute atomic E-state index is 0.257. The maximum Gasteiger partial charge on any atom is 0.303 e. The molecule has 2 aliphatic heterocycles. The quantitative estimate of drug-likeness (QED) is 0.539. The zero-order chi connectivity index (χ0) is 9.42. The van der Waals surface area contributed by atoms with Gasteiger partial charge in [0.2, 0.25) is 0 Å². The number of fused-ring (bicyclic) bond motifs is 1. The van der Waals surface area contributed by atoms with Crippen molar-refractivity contribution < 1.29 is 24.1 Å². The molecule has 0 spiro atoms. The third kappa shape index (κ3) is 1.54. The Balaban J connectivity index is 1.98. The van der Waals surface area contributed by atoms with Crippen molar-refractivity contribution in [2.24, 2.45) is 0 Å². The Labute approximate surface area is 75.6 Å². The Morgan fingerprint density at radius 3 is 2.77 bits per heavy atom. The predicted molar refractivity (Wildman–Crippen MR) is 41.0 cm³/mol. The van der Waals surface area contributed by atoms with Crippen LogP contribution >= 0.6 is 0 Å². The number of hydrogen-bond acceptors (Lipinski definition) is 5. The lowest BCUT2D eigenvalue weighted by atomic mass is 10.1. The van der Waals surface area contributed by atoms with Crippen molar-refractivity contribution >= 4 is 5.97 Å². The lowest BCUT2D eigenvalue weighted by Crippen LogP contribution is -2.33. The van der Waals surface area contributed by atoms with Crippen LogP contribution in [-0.4, -0.2) is 48.7 Å². The highest BCUT2D eigenvalue weighted by Crippen LogP contribution is 2.28. The standard InChI is InChI=1S/C8H12O5/c1-4(9)13-6-3-12-7-5(10)2-11-8(6)7/h5-8,10H,2-3H2,1H3/t5-,6+,7?,8?/m0/s1. The molecule has 74 valence electrons. The van der Waals surface area contributed by atoms with Crippen LogP contribution in [0.2, 0.25) is 0 Å². The fourth-order valence-corrected chi connectivity index (χ4v) is 1.76. The molecule has 0 aromatic rings. The normalized spacial score (nSPS) is 43.2. The van der Waals surface area contributed by atoms with Crippen LogP contribution in [0.25, 0.3) is 0 Å². The predicted octanol–water partition coefficient (Wildman–Crippen LogP) is -0.923. The van der Waals surface area contributed by atoms with E-state index in [1.165, 1.54) is 6.92 Å². The lowest BCUT2D eigenvalue weighted by molar-refractivity contribution is -0.151. The molecule has 2 aliphatic rings. The summed E-state index contributed by atoms with van der Waals surface area (Å²) in [6.45, 7) is 1.91. The number of aliphatic hydroxyl groups is 1. The molecule has 4 atom stereocenters. The van der Waals surface area contributed by atoms with E-state index in [1.54, 1.807) is 0 Å². The van der Waals surface area contributed by atoms with Crippen LogP contribution in [0, 0.1) is 0 Å². The third-order valence-electron chi connectivity index (χ3n) is 2.30. The van der Waals surface area contributed by atoms with Gasteiger partial charge in [-0.15, -0.1) is 0 Å². The molecule has 2 heterocycles. The maximum atomic E-state index is 10.7. The second-order valence-corrected chi connectivity index (χ2v) is 3.31. The molecule has 2 rings (SSSR count). The molecule has 1 N–H and O–H groups in total. The van der Waals surface area contributed by atoms with Gasteiger partial charge in [0.25, 0.3) is 0 Å².